The minimum atomic E-state index is -0.432. The van der Waals surface area contributed by atoms with E-state index in [0.29, 0.717) is 30.3 Å². The summed E-state index contributed by atoms with van der Waals surface area (Å²) in [4.78, 5) is 25.6. The Bertz CT molecular complexity index is 706. The summed E-state index contributed by atoms with van der Waals surface area (Å²) in [5.74, 6) is 1.08. The first-order valence-electron chi connectivity index (χ1n) is 13.7. The molecule has 4 nitrogen and oxygen atoms in total. The number of carbonyl (C=O) groups excluding carboxylic acids is 2. The van der Waals surface area contributed by atoms with Gasteiger partial charge in [0.15, 0.2) is 0 Å². The van der Waals surface area contributed by atoms with Crippen LogP contribution >= 0.6 is 0 Å². The van der Waals surface area contributed by atoms with Crippen LogP contribution in [-0.4, -0.2) is 25.2 Å². The Morgan fingerprint density at radius 1 is 0.618 bits per heavy atom. The fraction of sp³-hybridized carbons (Fsp3) is 0.733. The maximum atomic E-state index is 12.9. The average molecular weight is 475 g/mol. The Morgan fingerprint density at radius 3 is 1.56 bits per heavy atom. The van der Waals surface area contributed by atoms with Gasteiger partial charge in [-0.3, -0.25) is 0 Å². The van der Waals surface area contributed by atoms with Crippen LogP contribution in [0.15, 0.2) is 18.2 Å². The molecule has 0 amide bonds. The largest absolute Gasteiger partial charge is 0.462 e. The fourth-order valence-corrected chi connectivity index (χ4v) is 4.04. The molecule has 0 saturated carbocycles. The lowest BCUT2D eigenvalue weighted by Gasteiger charge is -2.13. The average Bonchev–Trinajstić information content (AvgIpc) is 2.76. The molecule has 1 rings (SSSR count). The molecule has 0 aliphatic heterocycles. The molecule has 34 heavy (non-hydrogen) atoms. The summed E-state index contributed by atoms with van der Waals surface area (Å²) in [6.45, 7) is 14.0. The van der Waals surface area contributed by atoms with Crippen molar-refractivity contribution in [1.82, 2.24) is 0 Å². The predicted octanol–water partition coefficient (Wildman–Crippen LogP) is 8.41. The van der Waals surface area contributed by atoms with E-state index < -0.39 is 11.9 Å². The van der Waals surface area contributed by atoms with Crippen LogP contribution in [0.1, 0.15) is 132 Å². The molecular weight excluding hydrogens is 424 g/mol. The second-order valence-electron chi connectivity index (χ2n) is 10.9. The van der Waals surface area contributed by atoms with Crippen molar-refractivity contribution in [1.29, 1.82) is 0 Å². The Labute approximate surface area is 209 Å². The van der Waals surface area contributed by atoms with Crippen molar-refractivity contribution < 1.29 is 19.1 Å². The van der Waals surface area contributed by atoms with Gasteiger partial charge >= 0.3 is 11.9 Å². The lowest BCUT2D eigenvalue weighted by atomic mass is 9.98. The highest BCUT2D eigenvalue weighted by atomic mass is 16.5. The Hall–Kier alpha value is -1.84. The molecule has 0 atom stereocenters. The summed E-state index contributed by atoms with van der Waals surface area (Å²) in [6, 6.07) is 5.46. The van der Waals surface area contributed by atoms with E-state index in [4.69, 9.17) is 9.47 Å². The number of rotatable bonds is 18. The Kier molecular flexibility index (Phi) is 15.6. The van der Waals surface area contributed by atoms with Crippen molar-refractivity contribution in [2.75, 3.05) is 13.2 Å². The lowest BCUT2D eigenvalue weighted by Crippen LogP contribution is -2.16. The summed E-state index contributed by atoms with van der Waals surface area (Å²) in [5.41, 5.74) is 1.69. The van der Waals surface area contributed by atoms with Gasteiger partial charge in [-0.25, -0.2) is 9.59 Å². The summed E-state index contributed by atoms with van der Waals surface area (Å²) in [6.07, 6.45) is 11.9. The number of carbonyl (C=O) groups is 2. The molecule has 0 aromatic heterocycles. The van der Waals surface area contributed by atoms with Gasteiger partial charge in [-0.2, -0.15) is 0 Å². The van der Waals surface area contributed by atoms with Gasteiger partial charge in [0.2, 0.25) is 0 Å². The van der Waals surface area contributed by atoms with Gasteiger partial charge < -0.3 is 9.47 Å². The summed E-state index contributed by atoms with van der Waals surface area (Å²) < 4.78 is 11.1. The Morgan fingerprint density at radius 2 is 1.09 bits per heavy atom. The standard InChI is InChI=1S/C30H50O4/c1-23(2)15-11-7-9-13-19-33-29(31)27-18-17-26(21-25(5)6)22-28(27)30(32)34-20-14-10-8-12-16-24(3)4/h17-18,22-25H,7-16,19-21H2,1-6H3. The number of ether oxygens (including phenoxy) is 2. The minimum absolute atomic E-state index is 0.314. The summed E-state index contributed by atoms with van der Waals surface area (Å²) in [7, 11) is 0. The molecule has 1 aromatic rings. The van der Waals surface area contributed by atoms with Crippen LogP contribution in [0.5, 0.6) is 0 Å². The highest BCUT2D eigenvalue weighted by Gasteiger charge is 2.20. The number of benzene rings is 1. The molecule has 0 bridgehead atoms. The van der Waals surface area contributed by atoms with E-state index in [-0.39, 0.29) is 0 Å². The van der Waals surface area contributed by atoms with Crippen LogP contribution in [0, 0.1) is 17.8 Å². The SMILES string of the molecule is CC(C)CCCCCCOC(=O)c1ccc(CC(C)C)cc1C(=O)OCCCCCCC(C)C. The summed E-state index contributed by atoms with van der Waals surface area (Å²) >= 11 is 0. The van der Waals surface area contributed by atoms with Crippen molar-refractivity contribution in [3.8, 4) is 0 Å². The maximum absolute atomic E-state index is 12.9. The van der Waals surface area contributed by atoms with Crippen LogP contribution in [-0.2, 0) is 15.9 Å². The first-order chi connectivity index (χ1) is 16.2. The smallest absolute Gasteiger partial charge is 0.339 e. The van der Waals surface area contributed by atoms with E-state index >= 15 is 0 Å². The van der Waals surface area contributed by atoms with Gasteiger partial charge in [-0.15, -0.1) is 0 Å². The first-order valence-corrected chi connectivity index (χ1v) is 13.7. The third-order valence-electron chi connectivity index (χ3n) is 5.99. The molecule has 0 saturated heterocycles. The molecule has 0 unspecified atom stereocenters. The van der Waals surface area contributed by atoms with Crippen LogP contribution in [0.3, 0.4) is 0 Å². The minimum Gasteiger partial charge on any atom is -0.462 e. The van der Waals surface area contributed by atoms with Crippen molar-refractivity contribution in [2.24, 2.45) is 17.8 Å². The van der Waals surface area contributed by atoms with Gasteiger partial charge in [0.25, 0.3) is 0 Å². The summed E-state index contributed by atoms with van der Waals surface area (Å²) in [5, 5.41) is 0. The van der Waals surface area contributed by atoms with E-state index in [1.807, 2.05) is 12.1 Å². The third-order valence-corrected chi connectivity index (χ3v) is 5.99. The molecule has 0 aliphatic carbocycles. The van der Waals surface area contributed by atoms with Crippen molar-refractivity contribution in [3.63, 3.8) is 0 Å². The van der Waals surface area contributed by atoms with Gasteiger partial charge in [0.1, 0.15) is 0 Å². The number of esters is 2. The van der Waals surface area contributed by atoms with E-state index in [1.54, 1.807) is 6.07 Å². The lowest BCUT2D eigenvalue weighted by molar-refractivity contribution is 0.0450. The quantitative estimate of drug-likeness (QED) is 0.158. The molecule has 194 valence electrons. The van der Waals surface area contributed by atoms with Crippen LogP contribution < -0.4 is 0 Å². The molecule has 4 heteroatoms. The normalized spacial score (nSPS) is 11.4. The van der Waals surface area contributed by atoms with Crippen LogP contribution in [0.4, 0.5) is 0 Å². The second-order valence-corrected chi connectivity index (χ2v) is 10.9. The van der Waals surface area contributed by atoms with E-state index in [9.17, 15) is 9.59 Å². The van der Waals surface area contributed by atoms with Crippen molar-refractivity contribution >= 4 is 11.9 Å². The van der Waals surface area contributed by atoms with Crippen LogP contribution in [0.2, 0.25) is 0 Å². The fourth-order valence-electron chi connectivity index (χ4n) is 4.04. The van der Waals surface area contributed by atoms with Crippen molar-refractivity contribution in [2.45, 2.75) is 112 Å². The molecular formula is C30H50O4. The zero-order chi connectivity index (χ0) is 25.3. The van der Waals surface area contributed by atoms with E-state index in [1.165, 1.54) is 25.7 Å². The Balaban J connectivity index is 2.60. The number of unbranched alkanes of at least 4 members (excludes halogenated alkanes) is 6. The predicted molar refractivity (Wildman–Crippen MR) is 141 cm³/mol. The van der Waals surface area contributed by atoms with Gasteiger partial charge in [-0.05, 0) is 54.7 Å². The van der Waals surface area contributed by atoms with Crippen LogP contribution in [0.25, 0.3) is 0 Å². The topological polar surface area (TPSA) is 52.6 Å². The zero-order valence-corrected chi connectivity index (χ0v) is 22.8. The molecule has 0 aliphatic rings. The molecule has 0 N–H and O–H groups in total. The van der Waals surface area contributed by atoms with Crippen molar-refractivity contribution in [3.05, 3.63) is 34.9 Å². The molecule has 0 fully saturated rings. The first kappa shape index (κ1) is 30.2. The number of hydrogen-bond acceptors (Lipinski definition) is 4. The second kappa shape index (κ2) is 17.6. The maximum Gasteiger partial charge on any atom is 0.339 e. The van der Waals surface area contributed by atoms with Gasteiger partial charge in [0.05, 0.1) is 24.3 Å². The number of hydrogen-bond donors (Lipinski definition) is 0. The third kappa shape index (κ3) is 13.8. The molecule has 0 spiro atoms. The van der Waals surface area contributed by atoms with Gasteiger partial charge in [-0.1, -0.05) is 99.0 Å². The highest BCUT2D eigenvalue weighted by Crippen LogP contribution is 2.19. The molecule has 1 aromatic carbocycles. The zero-order valence-electron chi connectivity index (χ0n) is 22.8. The van der Waals surface area contributed by atoms with E-state index in [0.717, 1.165) is 62.3 Å². The molecule has 0 heterocycles. The van der Waals surface area contributed by atoms with Gasteiger partial charge in [0, 0.05) is 0 Å². The monoisotopic (exact) mass is 474 g/mol. The molecule has 0 radical (unpaired) electrons. The van der Waals surface area contributed by atoms with E-state index in [2.05, 4.69) is 41.5 Å². The highest BCUT2D eigenvalue weighted by molar-refractivity contribution is 6.03.